The second-order valence-electron chi connectivity index (χ2n) is 9.06. The van der Waals surface area contributed by atoms with E-state index < -0.39 is 29.5 Å². The minimum absolute atomic E-state index is 0.0307. The Hall–Kier alpha value is -2.57. The maximum absolute atomic E-state index is 12.0. The van der Waals surface area contributed by atoms with Crippen molar-refractivity contribution in [3.8, 4) is 0 Å². The van der Waals surface area contributed by atoms with Crippen molar-refractivity contribution < 1.29 is 14.7 Å². The van der Waals surface area contributed by atoms with Gasteiger partial charge in [-0.1, -0.05) is 33.8 Å². The van der Waals surface area contributed by atoms with Crippen molar-refractivity contribution in [3.05, 3.63) is 35.8 Å². The number of nitrogens with two attached hydrogens (primary N) is 1. The van der Waals surface area contributed by atoms with Gasteiger partial charge < -0.3 is 15.2 Å². The van der Waals surface area contributed by atoms with E-state index in [2.05, 4.69) is 25.8 Å². The zero-order valence-electron chi connectivity index (χ0n) is 17.1. The molecule has 0 fully saturated rings. The van der Waals surface area contributed by atoms with Crippen LogP contribution in [0.2, 0.25) is 0 Å². The largest absolute Gasteiger partial charge is 0.465 e. The lowest BCUT2D eigenvalue weighted by molar-refractivity contribution is -0.123. The molecule has 3 N–H and O–H groups in total. The number of fused-ring (bicyclic) bond motifs is 1. The Morgan fingerprint density at radius 1 is 1.15 bits per heavy atom. The number of hydrogen-bond acceptors (Lipinski definition) is 3. The number of imidazole rings is 1. The Labute approximate surface area is 160 Å². The average Bonchev–Trinajstić information content (AvgIpc) is 2.91. The van der Waals surface area contributed by atoms with Gasteiger partial charge in [0, 0.05) is 17.9 Å². The van der Waals surface area contributed by atoms with Crippen LogP contribution in [0.4, 0.5) is 4.79 Å². The molecule has 0 unspecified atom stereocenters. The summed E-state index contributed by atoms with van der Waals surface area (Å²) in [6.45, 7) is 13.4. The van der Waals surface area contributed by atoms with Crippen LogP contribution in [0.25, 0.3) is 5.65 Å². The van der Waals surface area contributed by atoms with Gasteiger partial charge in [-0.05, 0) is 37.8 Å². The summed E-state index contributed by atoms with van der Waals surface area (Å²) in [6, 6.07) is 3.13. The highest BCUT2D eigenvalue weighted by Crippen LogP contribution is 2.34. The lowest BCUT2D eigenvalue weighted by atomic mass is 9.88. The van der Waals surface area contributed by atoms with Crippen LogP contribution >= 0.6 is 0 Å². The van der Waals surface area contributed by atoms with Gasteiger partial charge in [0.2, 0.25) is 5.91 Å². The normalized spacial score (nSPS) is 14.8. The van der Waals surface area contributed by atoms with Crippen LogP contribution in [-0.2, 0) is 10.2 Å². The number of carbonyl (C=O) groups excluding carboxylic acids is 1. The van der Waals surface area contributed by atoms with Crippen LogP contribution in [-0.4, -0.2) is 36.9 Å². The first kappa shape index (κ1) is 20.7. The van der Waals surface area contributed by atoms with Crippen LogP contribution in [0.1, 0.15) is 65.8 Å². The minimum atomic E-state index is -1.12. The number of primary amides is 1. The highest BCUT2D eigenvalue weighted by molar-refractivity contribution is 5.78. The highest BCUT2D eigenvalue weighted by atomic mass is 16.4. The van der Waals surface area contributed by atoms with Crippen LogP contribution in [0, 0.1) is 5.92 Å². The zero-order chi connectivity index (χ0) is 20.7. The molecule has 2 aromatic rings. The Kier molecular flexibility index (Phi) is 5.27. The molecule has 7 nitrogen and oxygen atoms in total. The first-order valence-electron chi connectivity index (χ1n) is 9.04. The summed E-state index contributed by atoms with van der Waals surface area (Å²) in [6.07, 6.45) is 2.66. The maximum Gasteiger partial charge on any atom is 0.408 e. The summed E-state index contributed by atoms with van der Waals surface area (Å²) in [4.78, 5) is 29.8. The van der Waals surface area contributed by atoms with Crippen molar-refractivity contribution in [2.45, 2.75) is 65.5 Å². The lowest BCUT2D eigenvalue weighted by Gasteiger charge is -2.40. The highest BCUT2D eigenvalue weighted by Gasteiger charge is 2.40. The molecule has 0 spiro atoms. The molecule has 0 aliphatic carbocycles. The first-order valence-corrected chi connectivity index (χ1v) is 9.04. The summed E-state index contributed by atoms with van der Waals surface area (Å²) in [5, 5.41) is 9.84. The fourth-order valence-corrected chi connectivity index (χ4v) is 3.19. The van der Waals surface area contributed by atoms with E-state index in [1.165, 1.54) is 4.90 Å². The zero-order valence-corrected chi connectivity index (χ0v) is 17.1. The van der Waals surface area contributed by atoms with Gasteiger partial charge in [-0.2, -0.15) is 0 Å². The lowest BCUT2D eigenvalue weighted by Crippen LogP contribution is -2.50. The molecule has 0 radical (unpaired) electrons. The molecular formula is C20H30N4O3. The summed E-state index contributed by atoms with van der Waals surface area (Å²) in [5.41, 5.74) is 7.10. The van der Waals surface area contributed by atoms with Gasteiger partial charge in [-0.3, -0.25) is 9.69 Å². The summed E-state index contributed by atoms with van der Waals surface area (Å²) in [7, 11) is 0. The second-order valence-corrected chi connectivity index (χ2v) is 9.06. The molecule has 2 heterocycles. The molecule has 0 saturated carbocycles. The van der Waals surface area contributed by atoms with E-state index in [1.807, 2.05) is 22.7 Å². The van der Waals surface area contributed by atoms with Gasteiger partial charge in [0.1, 0.15) is 5.65 Å². The molecule has 7 heteroatoms. The topological polar surface area (TPSA) is 101 Å². The second kappa shape index (κ2) is 6.87. The van der Waals surface area contributed by atoms with E-state index in [1.54, 1.807) is 33.9 Å². The molecule has 0 saturated heterocycles. The van der Waals surface area contributed by atoms with Gasteiger partial charge >= 0.3 is 6.09 Å². The van der Waals surface area contributed by atoms with Gasteiger partial charge in [0.15, 0.2) is 0 Å². The Morgan fingerprint density at radius 2 is 1.74 bits per heavy atom. The SMILES string of the molecule is C[C@@H](C(N)=O)[C@@H](c1cn2cc(C(C)(C)C)ccc2n1)N(C(=O)O)C(C)(C)C. The third kappa shape index (κ3) is 4.23. The number of hydrogen-bond donors (Lipinski definition) is 2. The third-order valence-electron chi connectivity index (χ3n) is 4.77. The fourth-order valence-electron chi connectivity index (χ4n) is 3.19. The number of rotatable bonds is 4. The molecule has 2 atom stereocenters. The predicted octanol–water partition coefficient (Wildman–Crippen LogP) is 3.57. The van der Waals surface area contributed by atoms with Crippen LogP contribution in [0.5, 0.6) is 0 Å². The summed E-state index contributed by atoms with van der Waals surface area (Å²) in [5.74, 6) is -1.30. The summed E-state index contributed by atoms with van der Waals surface area (Å²) >= 11 is 0. The quantitative estimate of drug-likeness (QED) is 0.854. The smallest absolute Gasteiger partial charge is 0.408 e. The van der Waals surface area contributed by atoms with E-state index in [0.717, 1.165) is 5.56 Å². The summed E-state index contributed by atoms with van der Waals surface area (Å²) < 4.78 is 1.87. The van der Waals surface area contributed by atoms with Crippen molar-refractivity contribution in [2.75, 3.05) is 0 Å². The molecule has 0 aromatic carbocycles. The Morgan fingerprint density at radius 3 is 2.19 bits per heavy atom. The van der Waals surface area contributed by atoms with Gasteiger partial charge in [0.05, 0.1) is 17.7 Å². The van der Waals surface area contributed by atoms with Crippen molar-refractivity contribution in [3.63, 3.8) is 0 Å². The number of amides is 2. The molecule has 2 aromatic heterocycles. The number of carbonyl (C=O) groups is 2. The third-order valence-corrected chi connectivity index (χ3v) is 4.77. The standard InChI is InChI=1S/C20H30N4O3/c1-12(17(21)25)16(24(18(26)27)20(5,6)7)14-11-23-10-13(19(2,3)4)8-9-15(23)22-14/h8-12,16H,1-7H3,(H2,21,25)(H,26,27)/t12-,16+/m1/s1. The van der Waals surface area contributed by atoms with Crippen molar-refractivity contribution in [2.24, 2.45) is 11.7 Å². The van der Waals surface area contributed by atoms with E-state index in [4.69, 9.17) is 5.73 Å². The molecule has 0 aliphatic heterocycles. The number of aromatic nitrogens is 2. The van der Waals surface area contributed by atoms with Crippen molar-refractivity contribution in [1.29, 1.82) is 0 Å². The average molecular weight is 374 g/mol. The first-order chi connectivity index (χ1) is 12.2. The Balaban J connectivity index is 2.65. The van der Waals surface area contributed by atoms with Crippen molar-refractivity contribution in [1.82, 2.24) is 14.3 Å². The van der Waals surface area contributed by atoms with Crippen LogP contribution in [0.3, 0.4) is 0 Å². The minimum Gasteiger partial charge on any atom is -0.465 e. The fraction of sp³-hybridized carbons (Fsp3) is 0.550. The molecule has 0 aliphatic rings. The van der Waals surface area contributed by atoms with E-state index in [-0.39, 0.29) is 5.41 Å². The molecule has 2 rings (SSSR count). The molecule has 0 bridgehead atoms. The number of carboxylic acid groups (broad SMARTS) is 1. The number of nitrogens with zero attached hydrogens (tertiary/aromatic N) is 3. The van der Waals surface area contributed by atoms with Crippen molar-refractivity contribution >= 4 is 17.6 Å². The molecule has 27 heavy (non-hydrogen) atoms. The molecular weight excluding hydrogens is 344 g/mol. The van der Waals surface area contributed by atoms with Gasteiger partial charge in [0.25, 0.3) is 0 Å². The predicted molar refractivity (Wildman–Crippen MR) is 105 cm³/mol. The van der Waals surface area contributed by atoms with E-state index in [0.29, 0.717) is 11.3 Å². The van der Waals surface area contributed by atoms with Gasteiger partial charge in [-0.25, -0.2) is 9.78 Å². The van der Waals surface area contributed by atoms with E-state index >= 15 is 0 Å². The van der Waals surface area contributed by atoms with Crippen LogP contribution < -0.4 is 5.73 Å². The number of pyridine rings is 1. The van der Waals surface area contributed by atoms with Gasteiger partial charge in [-0.15, -0.1) is 0 Å². The van der Waals surface area contributed by atoms with E-state index in [9.17, 15) is 14.7 Å². The maximum atomic E-state index is 12.0. The molecule has 2 amide bonds. The monoisotopic (exact) mass is 374 g/mol. The molecule has 148 valence electrons. The Bertz CT molecular complexity index is 858. The van der Waals surface area contributed by atoms with Crippen LogP contribution in [0.15, 0.2) is 24.5 Å².